The lowest BCUT2D eigenvalue weighted by Gasteiger charge is -2.14. The van der Waals surface area contributed by atoms with Crippen LogP contribution in [0.4, 0.5) is 11.4 Å². The minimum absolute atomic E-state index is 0.0762. The molecule has 0 spiro atoms. The molecule has 7 nitrogen and oxygen atoms in total. The second-order valence-corrected chi connectivity index (χ2v) is 10.7. The second kappa shape index (κ2) is 14.2. The zero-order valence-electron chi connectivity index (χ0n) is 22.4. The number of thioether (sulfide) groups is 1. The molecule has 0 fully saturated rings. The summed E-state index contributed by atoms with van der Waals surface area (Å²) in [5.74, 6) is -0.396. The molecule has 0 aliphatic rings. The van der Waals surface area contributed by atoms with Gasteiger partial charge in [-0.2, -0.15) is 0 Å². The van der Waals surface area contributed by atoms with Crippen molar-refractivity contribution in [1.29, 1.82) is 0 Å². The summed E-state index contributed by atoms with van der Waals surface area (Å²) >= 11 is 7.52. The Bertz CT molecular complexity index is 1540. The zero-order valence-corrected chi connectivity index (χ0v) is 24.0. The number of benzene rings is 4. The molecule has 0 radical (unpaired) electrons. The van der Waals surface area contributed by atoms with Gasteiger partial charge in [0.15, 0.2) is 0 Å². The maximum Gasteiger partial charge on any atom is 0.272 e. The van der Waals surface area contributed by atoms with E-state index >= 15 is 0 Å². The lowest BCUT2D eigenvalue weighted by molar-refractivity contribution is -0.115. The van der Waals surface area contributed by atoms with E-state index in [1.807, 2.05) is 18.2 Å². The molecule has 3 amide bonds. The fourth-order valence-electron chi connectivity index (χ4n) is 3.68. The van der Waals surface area contributed by atoms with Gasteiger partial charge in [0, 0.05) is 16.1 Å². The van der Waals surface area contributed by atoms with Crippen LogP contribution in [-0.4, -0.2) is 30.1 Å². The zero-order chi connectivity index (χ0) is 29.2. The highest BCUT2D eigenvalue weighted by molar-refractivity contribution is 8.00. The van der Waals surface area contributed by atoms with E-state index < -0.39 is 11.8 Å². The van der Waals surface area contributed by atoms with E-state index in [-0.39, 0.29) is 16.9 Å². The van der Waals surface area contributed by atoms with Gasteiger partial charge in [-0.15, -0.1) is 11.8 Å². The molecule has 0 aliphatic carbocycles. The van der Waals surface area contributed by atoms with Crippen LogP contribution in [0.25, 0.3) is 6.08 Å². The van der Waals surface area contributed by atoms with E-state index in [4.69, 9.17) is 16.3 Å². The summed E-state index contributed by atoms with van der Waals surface area (Å²) in [6.07, 6.45) is 1.60. The molecular formula is C32H28ClN3O4S. The number of hydrogen-bond acceptors (Lipinski definition) is 5. The molecule has 4 aromatic rings. The number of ether oxygens (including phenoxy) is 1. The fourth-order valence-corrected chi connectivity index (χ4v) is 4.73. The summed E-state index contributed by atoms with van der Waals surface area (Å²) < 4.78 is 5.20. The lowest BCUT2D eigenvalue weighted by atomic mass is 10.1. The van der Waals surface area contributed by atoms with Gasteiger partial charge in [0.1, 0.15) is 11.4 Å². The van der Waals surface area contributed by atoms with Crippen molar-refractivity contribution in [3.05, 3.63) is 125 Å². The van der Waals surface area contributed by atoms with Gasteiger partial charge in [-0.1, -0.05) is 54.1 Å². The van der Waals surface area contributed by atoms with Crippen LogP contribution in [0.5, 0.6) is 5.75 Å². The molecule has 0 heterocycles. The predicted octanol–water partition coefficient (Wildman–Crippen LogP) is 6.88. The summed E-state index contributed by atoms with van der Waals surface area (Å²) in [6, 6.07) is 29.9. The Morgan fingerprint density at radius 2 is 1.49 bits per heavy atom. The third kappa shape index (κ3) is 8.48. The van der Waals surface area contributed by atoms with Gasteiger partial charge in [0.2, 0.25) is 5.91 Å². The number of methoxy groups -OCH3 is 1. The normalized spacial score (nSPS) is 11.7. The number of amides is 3. The van der Waals surface area contributed by atoms with Crippen molar-refractivity contribution < 1.29 is 19.1 Å². The summed E-state index contributed by atoms with van der Waals surface area (Å²) in [6.45, 7) is 1.80. The van der Waals surface area contributed by atoms with E-state index in [2.05, 4.69) is 16.0 Å². The van der Waals surface area contributed by atoms with Crippen LogP contribution in [0.15, 0.2) is 114 Å². The summed E-state index contributed by atoms with van der Waals surface area (Å²) in [5.41, 5.74) is 2.30. The predicted molar refractivity (Wildman–Crippen MR) is 165 cm³/mol. The van der Waals surface area contributed by atoms with E-state index in [1.54, 1.807) is 105 Å². The molecule has 208 valence electrons. The van der Waals surface area contributed by atoms with Gasteiger partial charge in [0.05, 0.1) is 23.1 Å². The molecule has 9 heteroatoms. The molecule has 1 unspecified atom stereocenters. The number of para-hydroxylation sites is 1. The molecule has 41 heavy (non-hydrogen) atoms. The maximum atomic E-state index is 13.3. The number of rotatable bonds is 10. The Balaban J connectivity index is 1.44. The van der Waals surface area contributed by atoms with Gasteiger partial charge in [-0.3, -0.25) is 14.4 Å². The fraction of sp³-hybridized carbons (Fsp3) is 0.0938. The SMILES string of the molecule is COc1ccc(/C=C(\NC(=O)c2ccccc2)C(=O)Nc2ccc(SC(C)C(=O)Nc3ccccc3Cl)cc2)cc1. The van der Waals surface area contributed by atoms with E-state index in [0.29, 0.717) is 33.3 Å². The van der Waals surface area contributed by atoms with Crippen molar-refractivity contribution in [3.63, 3.8) is 0 Å². The Morgan fingerprint density at radius 1 is 0.829 bits per heavy atom. The highest BCUT2D eigenvalue weighted by Gasteiger charge is 2.17. The van der Waals surface area contributed by atoms with Crippen molar-refractivity contribution in [2.24, 2.45) is 0 Å². The minimum Gasteiger partial charge on any atom is -0.497 e. The first kappa shape index (κ1) is 29.5. The number of halogens is 1. The van der Waals surface area contributed by atoms with Crippen LogP contribution >= 0.6 is 23.4 Å². The quantitative estimate of drug-likeness (QED) is 0.139. The third-order valence-electron chi connectivity index (χ3n) is 5.88. The molecule has 4 rings (SSSR count). The molecule has 4 aromatic carbocycles. The summed E-state index contributed by atoms with van der Waals surface area (Å²) in [4.78, 5) is 39.6. The van der Waals surface area contributed by atoms with Crippen LogP contribution in [0.3, 0.4) is 0 Å². The molecular weight excluding hydrogens is 558 g/mol. The first-order valence-electron chi connectivity index (χ1n) is 12.7. The smallest absolute Gasteiger partial charge is 0.272 e. The molecule has 0 bridgehead atoms. The number of hydrogen-bond donors (Lipinski definition) is 3. The third-order valence-corrected chi connectivity index (χ3v) is 7.32. The first-order valence-corrected chi connectivity index (χ1v) is 13.9. The van der Waals surface area contributed by atoms with Gasteiger partial charge in [-0.25, -0.2) is 0 Å². The van der Waals surface area contributed by atoms with E-state index in [0.717, 1.165) is 4.90 Å². The van der Waals surface area contributed by atoms with Crippen molar-refractivity contribution in [2.45, 2.75) is 17.1 Å². The van der Waals surface area contributed by atoms with Crippen LogP contribution in [0.1, 0.15) is 22.8 Å². The van der Waals surface area contributed by atoms with Gasteiger partial charge in [0.25, 0.3) is 11.8 Å². The van der Waals surface area contributed by atoms with Crippen LogP contribution in [0.2, 0.25) is 5.02 Å². The standard InChI is InChI=1S/C32H28ClN3O4S/c1-21(30(37)35-28-11-7-6-10-27(28)33)41-26-18-14-24(15-19-26)34-32(39)29(20-22-12-16-25(40-2)17-13-22)36-31(38)23-8-4-3-5-9-23/h3-21H,1-2H3,(H,34,39)(H,35,37)(H,36,38)/b29-20-. The highest BCUT2D eigenvalue weighted by atomic mass is 35.5. The molecule has 0 aliphatic heterocycles. The molecule has 0 saturated heterocycles. The van der Waals surface area contributed by atoms with Crippen molar-refractivity contribution in [3.8, 4) is 5.75 Å². The summed E-state index contributed by atoms with van der Waals surface area (Å²) in [5, 5.41) is 8.48. The number of carbonyl (C=O) groups excluding carboxylic acids is 3. The topological polar surface area (TPSA) is 96.5 Å². The van der Waals surface area contributed by atoms with Crippen molar-refractivity contribution >= 4 is 58.5 Å². The van der Waals surface area contributed by atoms with Crippen LogP contribution < -0.4 is 20.7 Å². The molecule has 1 atom stereocenters. The average molecular weight is 586 g/mol. The lowest BCUT2D eigenvalue weighted by Crippen LogP contribution is -2.30. The molecule has 0 aromatic heterocycles. The van der Waals surface area contributed by atoms with Crippen molar-refractivity contribution in [1.82, 2.24) is 5.32 Å². The first-order chi connectivity index (χ1) is 19.8. The Labute approximate surface area is 248 Å². The van der Waals surface area contributed by atoms with Gasteiger partial charge >= 0.3 is 0 Å². The van der Waals surface area contributed by atoms with Gasteiger partial charge in [-0.05, 0) is 79.2 Å². The number of nitrogens with one attached hydrogen (secondary N) is 3. The Hall–Kier alpha value is -4.53. The van der Waals surface area contributed by atoms with Crippen molar-refractivity contribution in [2.75, 3.05) is 17.7 Å². The highest BCUT2D eigenvalue weighted by Crippen LogP contribution is 2.27. The number of anilines is 2. The van der Waals surface area contributed by atoms with Gasteiger partial charge < -0.3 is 20.7 Å². The second-order valence-electron chi connectivity index (χ2n) is 8.86. The molecule has 0 saturated carbocycles. The molecule has 3 N–H and O–H groups in total. The monoisotopic (exact) mass is 585 g/mol. The average Bonchev–Trinajstić information content (AvgIpc) is 2.99. The Morgan fingerprint density at radius 3 is 2.15 bits per heavy atom. The largest absolute Gasteiger partial charge is 0.497 e. The maximum absolute atomic E-state index is 13.3. The van der Waals surface area contributed by atoms with E-state index in [1.165, 1.54) is 11.8 Å². The Kier molecular flexibility index (Phi) is 10.2. The summed E-state index contributed by atoms with van der Waals surface area (Å²) in [7, 11) is 1.57. The van der Waals surface area contributed by atoms with Crippen LogP contribution in [-0.2, 0) is 9.59 Å². The minimum atomic E-state index is -0.488. The van der Waals surface area contributed by atoms with Crippen LogP contribution in [0, 0.1) is 0 Å². The van der Waals surface area contributed by atoms with E-state index in [9.17, 15) is 14.4 Å². The number of carbonyl (C=O) groups is 3.